The fourth-order valence-electron chi connectivity index (χ4n) is 18.4. The zero-order valence-corrected chi connectivity index (χ0v) is 109. The largest absolute Gasteiger partial charge is 0 e. The number of aryl methyl sites for hydroxylation is 4. The Morgan fingerprint density at radius 3 is 0.693 bits per heavy atom. The van der Waals surface area contributed by atoms with Crippen molar-refractivity contribution in [3.8, 4) is 112 Å². The number of rotatable bonds is 20. The Hall–Kier alpha value is -9.83. The Morgan fingerprint density at radius 1 is 0.233 bits per heavy atom. The molecule has 2 aliphatic carbocycles. The van der Waals surface area contributed by atoms with Gasteiger partial charge in [-0.3, -0.25) is 0 Å². The molecule has 8 heterocycles. The van der Waals surface area contributed by atoms with E-state index in [1.165, 1.54) is 107 Å². The van der Waals surface area contributed by atoms with Crippen LogP contribution in [0.15, 0.2) is 365 Å². The fraction of sp³-hybridized carbons (Fsp3) is 0.254. The van der Waals surface area contributed by atoms with Crippen LogP contribution in [-0.2, 0) is 93.3 Å². The van der Waals surface area contributed by atoms with Gasteiger partial charge in [-0.25, -0.2) is 0 Å². The molecule has 0 amide bonds. The van der Waals surface area contributed by atoms with Crippen molar-refractivity contribution in [3.63, 3.8) is 0 Å². The van der Waals surface area contributed by atoms with Crippen LogP contribution in [0.2, 0.25) is 69.1 Å². The third kappa shape index (κ3) is 38.4. The fourth-order valence-corrected chi connectivity index (χ4v) is 32.7. The Bertz CT molecular complexity index is 6750. The summed E-state index contributed by atoms with van der Waals surface area (Å²) in [4.78, 5) is 36.3. The molecule has 2 saturated carbocycles. The van der Waals surface area contributed by atoms with Gasteiger partial charge in [-0.1, -0.05) is 46.5 Å². The predicted molar refractivity (Wildman–Crippen MR) is 629 cm³/mol. The zero-order chi connectivity index (χ0) is 104. The van der Waals surface area contributed by atoms with Crippen LogP contribution in [0.1, 0.15) is 135 Å². The van der Waals surface area contributed by atoms with Crippen LogP contribution in [-0.4, -0.2) is 92.9 Å². The van der Waals surface area contributed by atoms with Crippen molar-refractivity contribution in [2.45, 2.75) is 201 Å². The van der Waals surface area contributed by atoms with Gasteiger partial charge in [0.05, 0.1) is 0 Å². The molecule has 0 N–H and O–H groups in total. The molecule has 0 bridgehead atoms. The summed E-state index contributed by atoms with van der Waals surface area (Å²) < 4.78 is 6.43. The molecule has 0 unspecified atom stereocenters. The number of pyridine rings is 8. The molecule has 0 atom stereocenters. The first-order chi connectivity index (χ1) is 70.2. The second-order valence-electron chi connectivity index (χ2n) is 43.2. The van der Waals surface area contributed by atoms with E-state index in [0.717, 1.165) is 115 Å². The number of aromatic nitrogens is 8. The van der Waals surface area contributed by atoms with E-state index in [1.807, 2.05) is 189 Å². The number of hydrogen-bond acceptors (Lipinski definition) is 8. The molecule has 0 aliphatic heterocycles. The molecule has 0 spiro atoms. The average Bonchev–Trinajstić information content (AvgIpc) is 1.32. The van der Waals surface area contributed by atoms with E-state index in [-0.39, 0.29) is 80.4 Å². The molecule has 20 rings (SSSR count). The third-order valence-electron chi connectivity index (χ3n) is 25.9. The molecule has 150 heavy (non-hydrogen) atoms. The van der Waals surface area contributed by atoms with Crippen molar-refractivity contribution in [3.05, 3.63) is 458 Å². The van der Waals surface area contributed by atoms with Gasteiger partial charge in [0.2, 0.25) is 0 Å². The summed E-state index contributed by atoms with van der Waals surface area (Å²) in [6, 6.07) is 133. The van der Waals surface area contributed by atoms with E-state index in [1.54, 1.807) is 28.7 Å². The van der Waals surface area contributed by atoms with Crippen molar-refractivity contribution in [1.82, 2.24) is 39.9 Å². The van der Waals surface area contributed by atoms with Crippen molar-refractivity contribution in [1.29, 1.82) is 0 Å². The molecule has 8 aromatic heterocycles. The maximum absolute atomic E-state index is 4.90. The first-order valence-corrected chi connectivity index (χ1v) is 81.3. The van der Waals surface area contributed by atoms with Gasteiger partial charge in [-0.05, 0) is 74.7 Å². The van der Waals surface area contributed by atoms with E-state index in [2.05, 4.69) is 374 Å². The molecular formula is C134H144Ge4Ir4N8-8. The summed E-state index contributed by atoms with van der Waals surface area (Å²) in [7, 11) is 0. The van der Waals surface area contributed by atoms with Crippen LogP contribution in [0.3, 0.4) is 0 Å². The van der Waals surface area contributed by atoms with E-state index in [4.69, 9.17) is 15.0 Å². The minimum Gasteiger partial charge on any atom is 0 e. The van der Waals surface area contributed by atoms with Gasteiger partial charge in [-0.2, -0.15) is 0 Å². The van der Waals surface area contributed by atoms with Crippen LogP contribution in [0, 0.1) is 88.1 Å². The molecule has 780 valence electrons. The quantitative estimate of drug-likeness (QED) is 0.0549. The van der Waals surface area contributed by atoms with E-state index >= 15 is 0 Å². The standard InChI is InChI=1S/C25H28GeN.C24H28GeN.C19H24GeN.C18H24GeN.4C12H10N.4Ir/c1-26(2,3)24-17-25(27-18-23(24)20-12-7-8-13-20)22-15-9-14-21(16-22)19-10-5-4-6-11-19;1-18(2)14-22-17-26-24(16-23(22)25(3,4)5)21-13-9-12-20(15-21)19-10-7-6-8-11-19;1-20(2,3)18-13-19(16-11-5-4-6-12-16)21-14-17(18)15-9-7-8-10-15;1-14(2)11-16-13-20-18(12-17(16)19(3,4)5)15-9-7-6-8-10-15;4*1-10-7-8-13-12(9-10)11-5-3-2-4-6-11;;;;/h4-6,9-11,14,16-18,20H,7-8,12-13H2,1-3H3;6-12,15-18H,14H2,1-5H3;4-6,11,13-15H,7-10H2,1-3H3;6-9,12-14H,11H2,1-5H3;4*2-5,7-9H,1H3;;;;/q8*-1;;;;. The average molecular weight is 2930 g/mol. The molecular weight excluding hydrogens is 2780 g/mol. The van der Waals surface area contributed by atoms with Crippen LogP contribution >= 0.6 is 0 Å². The van der Waals surface area contributed by atoms with Gasteiger partial charge in [0, 0.05) is 105 Å². The Labute approximate surface area is 963 Å². The second kappa shape index (κ2) is 61.3. The molecule has 2 fully saturated rings. The summed E-state index contributed by atoms with van der Waals surface area (Å²) in [5.74, 6) is 32.6. The Balaban J connectivity index is 0.000000192. The van der Waals surface area contributed by atoms with Crippen molar-refractivity contribution < 1.29 is 80.4 Å². The number of benzene rings is 10. The third-order valence-corrected chi connectivity index (χ3v) is 43.2. The Kier molecular flexibility index (Phi) is 50.5. The van der Waals surface area contributed by atoms with Crippen LogP contribution in [0.4, 0.5) is 0 Å². The monoisotopic (exact) mass is 2930 g/mol. The van der Waals surface area contributed by atoms with Crippen LogP contribution < -0.4 is 17.6 Å². The van der Waals surface area contributed by atoms with Crippen molar-refractivity contribution >= 4 is 70.6 Å². The molecule has 2 aliphatic rings. The minimum atomic E-state index is -1.99. The maximum Gasteiger partial charge on any atom is 0 e. The summed E-state index contributed by atoms with van der Waals surface area (Å²) >= 11 is -7.75. The SMILES string of the molecule is CC(C)Cc1cnc(-c2[c-]ccc(-c3ccccc3)c2)c[c]1[Ge]([CH3])([CH3])[CH3].CC(C)Cc1cnc(-c2[c-]cccc2)c[c]1[Ge]([CH3])([CH3])[CH3].Cc1ccnc(-c2[c-]cccc2)c1.Cc1ccnc(-c2[c-]cccc2)c1.Cc1ccnc(-c2[c-]cccc2)c1.Cc1ccnc(-c2[c-]cccc2)c1.[CH3][Ge]([CH3])([CH3])[c]1cc(-c2[c-]ccc(-c3ccccc3)c2)ncc1C1CCCC1.[CH3][Ge]([CH3])([CH3])[c]1cc(-c2[c-]cccc2)ncc1C1CCCC1.[Ir].[Ir].[Ir].[Ir]. The summed E-state index contributed by atoms with van der Waals surface area (Å²) in [5.41, 5.74) is 32.6. The molecule has 4 radical (unpaired) electrons. The van der Waals surface area contributed by atoms with Crippen molar-refractivity contribution in [2.75, 3.05) is 0 Å². The van der Waals surface area contributed by atoms with E-state index in [0.29, 0.717) is 11.8 Å². The first-order valence-electron chi connectivity index (χ1n) is 51.9. The molecule has 8 nitrogen and oxygen atoms in total. The van der Waals surface area contributed by atoms with Gasteiger partial charge in [0.25, 0.3) is 0 Å². The topological polar surface area (TPSA) is 103 Å². The second-order valence-corrected chi connectivity index (χ2v) is 85.5. The Morgan fingerprint density at radius 2 is 0.460 bits per heavy atom. The van der Waals surface area contributed by atoms with Crippen LogP contribution in [0.5, 0.6) is 0 Å². The number of nitrogens with zero attached hydrogens (tertiary/aromatic N) is 8. The van der Waals surface area contributed by atoms with Gasteiger partial charge in [0.1, 0.15) is 0 Å². The van der Waals surface area contributed by atoms with Crippen LogP contribution in [0.25, 0.3) is 112 Å². The summed E-state index contributed by atoms with van der Waals surface area (Å²) in [5, 5.41) is 0. The van der Waals surface area contributed by atoms with Gasteiger partial charge < -0.3 is 19.9 Å². The molecule has 0 saturated heterocycles. The molecule has 16 heteroatoms. The van der Waals surface area contributed by atoms with Gasteiger partial charge >= 0.3 is 584 Å². The predicted octanol–water partition coefficient (Wildman–Crippen LogP) is 32.8. The maximum atomic E-state index is 4.90. The van der Waals surface area contributed by atoms with Gasteiger partial charge in [0.15, 0.2) is 0 Å². The normalized spacial score (nSPS) is 12.1. The smallest absolute Gasteiger partial charge is 0 e. The minimum absolute atomic E-state index is 0. The van der Waals surface area contributed by atoms with Gasteiger partial charge in [-0.15, -0.1) is 144 Å². The molecule has 18 aromatic rings. The zero-order valence-electron chi connectivity index (χ0n) is 90.9. The molecule has 10 aromatic carbocycles. The summed E-state index contributed by atoms with van der Waals surface area (Å²) in [6.45, 7) is 17.4. The van der Waals surface area contributed by atoms with E-state index in [9.17, 15) is 0 Å². The first kappa shape index (κ1) is 124. The van der Waals surface area contributed by atoms with Crippen molar-refractivity contribution in [2.24, 2.45) is 11.8 Å². The number of hydrogen-bond donors (Lipinski definition) is 0. The summed E-state index contributed by atoms with van der Waals surface area (Å²) in [6.07, 6.45) is 29.0. The van der Waals surface area contributed by atoms with E-state index < -0.39 is 53.1 Å².